The van der Waals surface area contributed by atoms with E-state index in [0.717, 1.165) is 24.2 Å². The number of anilines is 2. The Labute approximate surface area is 179 Å². The molecule has 0 spiro atoms. The maximum Gasteiger partial charge on any atom is 0.273 e. The zero-order valence-corrected chi connectivity index (χ0v) is 17.3. The van der Waals surface area contributed by atoms with Crippen molar-refractivity contribution < 1.29 is 9.59 Å². The zero-order chi connectivity index (χ0) is 20.8. The number of piperidine rings is 1. The van der Waals surface area contributed by atoms with Crippen LogP contribution in [-0.4, -0.2) is 39.8 Å². The SMILES string of the molecule is O=C(NCc1ccccn1)C1CCCN(C(=O)c2csc(Nc3ccccc3)n2)C1. The Bertz CT molecular complexity index is 993. The number of thiazole rings is 1. The van der Waals surface area contributed by atoms with Crippen molar-refractivity contribution in [2.45, 2.75) is 19.4 Å². The number of hydrogen-bond donors (Lipinski definition) is 2. The lowest BCUT2D eigenvalue weighted by Crippen LogP contribution is -2.45. The van der Waals surface area contributed by atoms with Crippen molar-refractivity contribution in [3.8, 4) is 0 Å². The molecule has 1 unspecified atom stereocenters. The number of pyridine rings is 1. The largest absolute Gasteiger partial charge is 0.350 e. The van der Waals surface area contributed by atoms with Crippen LogP contribution in [0.25, 0.3) is 0 Å². The second-order valence-corrected chi connectivity index (χ2v) is 8.02. The van der Waals surface area contributed by atoms with Crippen molar-refractivity contribution in [1.82, 2.24) is 20.2 Å². The van der Waals surface area contributed by atoms with Crippen molar-refractivity contribution in [3.63, 3.8) is 0 Å². The van der Waals surface area contributed by atoms with Crippen LogP contribution in [0.3, 0.4) is 0 Å². The number of aromatic nitrogens is 2. The maximum absolute atomic E-state index is 12.9. The van der Waals surface area contributed by atoms with Crippen molar-refractivity contribution >= 4 is 34.0 Å². The summed E-state index contributed by atoms with van der Waals surface area (Å²) in [6.07, 6.45) is 3.28. The summed E-state index contributed by atoms with van der Waals surface area (Å²) in [5.74, 6) is -0.385. The number of amides is 2. The van der Waals surface area contributed by atoms with Crippen LogP contribution in [0, 0.1) is 5.92 Å². The molecule has 4 rings (SSSR count). The normalized spacial score (nSPS) is 16.1. The highest BCUT2D eigenvalue weighted by Gasteiger charge is 2.29. The average Bonchev–Trinajstić information content (AvgIpc) is 3.27. The molecule has 3 heterocycles. The monoisotopic (exact) mass is 421 g/mol. The minimum absolute atomic E-state index is 0.0390. The van der Waals surface area contributed by atoms with Crippen LogP contribution in [0.2, 0.25) is 0 Å². The summed E-state index contributed by atoms with van der Waals surface area (Å²) >= 11 is 1.39. The predicted molar refractivity (Wildman–Crippen MR) is 117 cm³/mol. The van der Waals surface area contributed by atoms with E-state index in [1.165, 1.54) is 11.3 Å². The number of carbonyl (C=O) groups excluding carboxylic acids is 2. The second-order valence-electron chi connectivity index (χ2n) is 7.16. The first kappa shape index (κ1) is 20.0. The average molecular weight is 422 g/mol. The molecule has 0 radical (unpaired) electrons. The summed E-state index contributed by atoms with van der Waals surface area (Å²) < 4.78 is 0. The van der Waals surface area contributed by atoms with Gasteiger partial charge in [0.1, 0.15) is 5.69 Å². The molecular weight excluding hydrogens is 398 g/mol. The van der Waals surface area contributed by atoms with Gasteiger partial charge in [0.15, 0.2) is 5.13 Å². The Hall–Kier alpha value is -3.26. The molecule has 1 aliphatic heterocycles. The summed E-state index contributed by atoms with van der Waals surface area (Å²) in [6, 6.07) is 15.3. The van der Waals surface area contributed by atoms with Crippen LogP contribution in [-0.2, 0) is 11.3 Å². The molecule has 30 heavy (non-hydrogen) atoms. The van der Waals surface area contributed by atoms with Crippen molar-refractivity contribution in [1.29, 1.82) is 0 Å². The van der Waals surface area contributed by atoms with Gasteiger partial charge in [-0.05, 0) is 37.1 Å². The molecule has 2 aromatic heterocycles. The summed E-state index contributed by atoms with van der Waals surface area (Å²) in [5, 5.41) is 8.58. The molecule has 1 atom stereocenters. The van der Waals surface area contributed by atoms with E-state index in [2.05, 4.69) is 20.6 Å². The molecule has 154 valence electrons. The molecular formula is C22H23N5O2S. The van der Waals surface area contributed by atoms with Crippen LogP contribution in [0.15, 0.2) is 60.1 Å². The molecule has 1 saturated heterocycles. The Morgan fingerprint density at radius 3 is 2.77 bits per heavy atom. The van der Waals surface area contributed by atoms with E-state index >= 15 is 0 Å². The van der Waals surface area contributed by atoms with Gasteiger partial charge < -0.3 is 15.5 Å². The molecule has 0 saturated carbocycles. The number of benzene rings is 1. The van der Waals surface area contributed by atoms with E-state index in [-0.39, 0.29) is 17.7 Å². The van der Waals surface area contributed by atoms with Crippen molar-refractivity contribution in [2.75, 3.05) is 18.4 Å². The third-order valence-electron chi connectivity index (χ3n) is 5.00. The van der Waals surface area contributed by atoms with Gasteiger partial charge in [0, 0.05) is 30.4 Å². The van der Waals surface area contributed by atoms with E-state index in [9.17, 15) is 9.59 Å². The van der Waals surface area contributed by atoms with Gasteiger partial charge in [-0.3, -0.25) is 14.6 Å². The van der Waals surface area contributed by atoms with E-state index in [1.54, 1.807) is 16.5 Å². The highest BCUT2D eigenvalue weighted by atomic mass is 32.1. The van der Waals surface area contributed by atoms with Gasteiger partial charge >= 0.3 is 0 Å². The molecule has 2 N–H and O–H groups in total. The lowest BCUT2D eigenvalue weighted by atomic mass is 9.97. The first-order valence-corrected chi connectivity index (χ1v) is 10.8. The van der Waals surface area contributed by atoms with Gasteiger partial charge in [-0.15, -0.1) is 11.3 Å². The standard InChI is InChI=1S/C22H23N5O2S/c28-20(24-13-18-10-4-5-11-23-18)16-7-6-12-27(14-16)21(29)19-15-30-22(26-19)25-17-8-2-1-3-9-17/h1-5,8-11,15-16H,6-7,12-14H2,(H,24,28)(H,25,26). The number of carbonyl (C=O) groups is 2. The Morgan fingerprint density at radius 1 is 1.13 bits per heavy atom. The van der Waals surface area contributed by atoms with E-state index in [1.807, 2.05) is 48.5 Å². The zero-order valence-electron chi connectivity index (χ0n) is 16.5. The fraction of sp³-hybridized carbons (Fsp3) is 0.273. The topological polar surface area (TPSA) is 87.2 Å². The lowest BCUT2D eigenvalue weighted by molar-refractivity contribution is -0.126. The Balaban J connectivity index is 1.33. The minimum Gasteiger partial charge on any atom is -0.350 e. The van der Waals surface area contributed by atoms with E-state index < -0.39 is 0 Å². The molecule has 3 aromatic rings. The quantitative estimate of drug-likeness (QED) is 0.637. The van der Waals surface area contributed by atoms with Gasteiger partial charge in [-0.25, -0.2) is 4.98 Å². The molecule has 1 aliphatic rings. The number of para-hydroxylation sites is 1. The summed E-state index contributed by atoms with van der Waals surface area (Å²) in [5.41, 5.74) is 2.15. The van der Waals surface area contributed by atoms with Crippen LogP contribution in [0.5, 0.6) is 0 Å². The third-order valence-corrected chi connectivity index (χ3v) is 5.76. The lowest BCUT2D eigenvalue weighted by Gasteiger charge is -2.31. The van der Waals surface area contributed by atoms with Crippen molar-refractivity contribution in [3.05, 3.63) is 71.5 Å². The van der Waals surface area contributed by atoms with Crippen LogP contribution >= 0.6 is 11.3 Å². The summed E-state index contributed by atoms with van der Waals surface area (Å²) in [4.78, 5) is 35.9. The van der Waals surface area contributed by atoms with Crippen LogP contribution in [0.1, 0.15) is 29.0 Å². The number of rotatable bonds is 6. The number of hydrogen-bond acceptors (Lipinski definition) is 6. The molecule has 1 aromatic carbocycles. The summed E-state index contributed by atoms with van der Waals surface area (Å²) in [7, 11) is 0. The van der Waals surface area contributed by atoms with E-state index in [0.29, 0.717) is 30.5 Å². The highest BCUT2D eigenvalue weighted by molar-refractivity contribution is 7.14. The van der Waals surface area contributed by atoms with E-state index in [4.69, 9.17) is 0 Å². The molecule has 7 nitrogen and oxygen atoms in total. The number of likely N-dealkylation sites (tertiary alicyclic amines) is 1. The molecule has 8 heteroatoms. The first-order chi connectivity index (χ1) is 14.7. The maximum atomic E-state index is 12.9. The smallest absolute Gasteiger partial charge is 0.273 e. The Kier molecular flexibility index (Phi) is 6.34. The highest BCUT2D eigenvalue weighted by Crippen LogP contribution is 2.23. The fourth-order valence-electron chi connectivity index (χ4n) is 3.44. The van der Waals surface area contributed by atoms with Crippen LogP contribution < -0.4 is 10.6 Å². The Morgan fingerprint density at radius 2 is 1.97 bits per heavy atom. The fourth-order valence-corrected chi connectivity index (χ4v) is 4.14. The third kappa shape index (κ3) is 5.01. The van der Waals surface area contributed by atoms with Crippen molar-refractivity contribution in [2.24, 2.45) is 5.92 Å². The van der Waals surface area contributed by atoms with Crippen LogP contribution in [0.4, 0.5) is 10.8 Å². The number of nitrogens with zero attached hydrogens (tertiary/aromatic N) is 3. The predicted octanol–water partition coefficient (Wildman–Crippen LogP) is 3.45. The van der Waals surface area contributed by atoms with Gasteiger partial charge in [0.25, 0.3) is 5.91 Å². The van der Waals surface area contributed by atoms with Gasteiger partial charge in [-0.2, -0.15) is 0 Å². The molecule has 0 bridgehead atoms. The summed E-state index contributed by atoms with van der Waals surface area (Å²) in [6.45, 7) is 1.44. The van der Waals surface area contributed by atoms with Gasteiger partial charge in [0.2, 0.25) is 5.91 Å². The minimum atomic E-state index is -0.216. The van der Waals surface area contributed by atoms with Gasteiger partial charge in [0.05, 0.1) is 18.2 Å². The number of nitrogens with one attached hydrogen (secondary N) is 2. The molecule has 0 aliphatic carbocycles. The first-order valence-electron chi connectivity index (χ1n) is 9.93. The second kappa shape index (κ2) is 9.49. The van der Waals surface area contributed by atoms with Gasteiger partial charge in [-0.1, -0.05) is 24.3 Å². The molecule has 2 amide bonds. The molecule has 1 fully saturated rings.